The van der Waals surface area contributed by atoms with E-state index in [9.17, 15) is 14.4 Å². The number of carbonyl (C=O) groups excluding carboxylic acids is 3. The summed E-state index contributed by atoms with van der Waals surface area (Å²) in [7, 11) is 1.37. The van der Waals surface area contributed by atoms with Crippen molar-refractivity contribution in [2.24, 2.45) is 5.92 Å². The van der Waals surface area contributed by atoms with E-state index in [-0.39, 0.29) is 18.0 Å². The number of ether oxygens (including phenoxy) is 2. The van der Waals surface area contributed by atoms with Gasteiger partial charge in [-0.1, -0.05) is 48.5 Å². The van der Waals surface area contributed by atoms with Gasteiger partial charge < -0.3 is 25.4 Å². The Bertz CT molecular complexity index is 1100. The van der Waals surface area contributed by atoms with Gasteiger partial charge in [-0.3, -0.25) is 4.79 Å². The van der Waals surface area contributed by atoms with Gasteiger partial charge in [0.2, 0.25) is 5.91 Å². The van der Waals surface area contributed by atoms with Crippen molar-refractivity contribution in [3.05, 3.63) is 59.7 Å². The Balaban J connectivity index is 1.40. The van der Waals surface area contributed by atoms with E-state index in [1.54, 1.807) is 0 Å². The van der Waals surface area contributed by atoms with Crippen LogP contribution in [0.25, 0.3) is 11.1 Å². The number of carbonyl (C=O) groups is 3. The average molecular weight is 566 g/mol. The second-order valence-electron chi connectivity index (χ2n) is 11.9. The van der Waals surface area contributed by atoms with Gasteiger partial charge in [0.15, 0.2) is 0 Å². The van der Waals surface area contributed by atoms with Crippen LogP contribution < -0.4 is 16.0 Å². The third kappa shape index (κ3) is 11.9. The first-order valence-electron chi connectivity index (χ1n) is 14.9. The molecule has 0 aliphatic carbocycles. The highest BCUT2D eigenvalue weighted by Crippen LogP contribution is 2.22. The highest BCUT2D eigenvalue weighted by Gasteiger charge is 2.26. The lowest BCUT2D eigenvalue weighted by Crippen LogP contribution is -2.44. The van der Waals surface area contributed by atoms with Crippen molar-refractivity contribution >= 4 is 18.0 Å². The molecule has 0 aromatic heterocycles. The van der Waals surface area contributed by atoms with Crippen molar-refractivity contribution in [2.45, 2.75) is 83.8 Å². The van der Waals surface area contributed by atoms with Crippen LogP contribution in [0, 0.1) is 5.92 Å². The minimum Gasteiger partial charge on any atom is -0.467 e. The molecule has 1 fully saturated rings. The summed E-state index contributed by atoms with van der Waals surface area (Å²) in [5, 5.41) is 9.03. The van der Waals surface area contributed by atoms with Gasteiger partial charge in [0, 0.05) is 13.0 Å². The third-order valence-corrected chi connectivity index (χ3v) is 7.29. The van der Waals surface area contributed by atoms with Crippen molar-refractivity contribution in [2.75, 3.05) is 26.7 Å². The van der Waals surface area contributed by atoms with Gasteiger partial charge in [-0.05, 0) is 107 Å². The van der Waals surface area contributed by atoms with Gasteiger partial charge >= 0.3 is 12.1 Å². The molecule has 2 aromatic carbocycles. The summed E-state index contributed by atoms with van der Waals surface area (Å²) in [5.74, 6) is -0.0903. The van der Waals surface area contributed by atoms with Crippen LogP contribution in [0.1, 0.15) is 70.4 Å². The van der Waals surface area contributed by atoms with Crippen LogP contribution in [-0.4, -0.2) is 56.4 Å². The van der Waals surface area contributed by atoms with Crippen molar-refractivity contribution in [3.8, 4) is 11.1 Å². The zero-order valence-corrected chi connectivity index (χ0v) is 25.1. The molecule has 0 spiro atoms. The molecular weight excluding hydrogens is 518 g/mol. The molecule has 3 rings (SSSR count). The maximum atomic E-state index is 12.6. The zero-order valence-electron chi connectivity index (χ0n) is 25.1. The lowest BCUT2D eigenvalue weighted by atomic mass is 9.91. The topological polar surface area (TPSA) is 106 Å². The van der Waals surface area contributed by atoms with Crippen LogP contribution in [0.15, 0.2) is 48.5 Å². The maximum Gasteiger partial charge on any atom is 0.407 e. The Kier molecular flexibility index (Phi) is 12.7. The lowest BCUT2D eigenvalue weighted by molar-refractivity contribution is -0.145. The number of rotatable bonds is 13. The smallest absolute Gasteiger partial charge is 0.407 e. The van der Waals surface area contributed by atoms with E-state index in [2.05, 4.69) is 64.5 Å². The quantitative estimate of drug-likeness (QED) is 0.228. The van der Waals surface area contributed by atoms with Gasteiger partial charge in [0.25, 0.3) is 0 Å². The number of benzene rings is 2. The fourth-order valence-electron chi connectivity index (χ4n) is 5.02. The number of hydrogen-bond acceptors (Lipinski definition) is 6. The predicted octanol–water partition coefficient (Wildman–Crippen LogP) is 5.18. The second-order valence-corrected chi connectivity index (χ2v) is 11.9. The van der Waals surface area contributed by atoms with Gasteiger partial charge in [-0.2, -0.15) is 0 Å². The summed E-state index contributed by atoms with van der Waals surface area (Å²) < 4.78 is 10.2. The largest absolute Gasteiger partial charge is 0.467 e. The molecule has 41 heavy (non-hydrogen) atoms. The molecule has 1 aliphatic rings. The molecule has 3 N–H and O–H groups in total. The lowest BCUT2D eigenvalue weighted by Gasteiger charge is -2.26. The molecule has 0 unspecified atom stereocenters. The SMILES string of the molecule is COC(=O)[C@H](CC1CCNCC1)NC(=O)CCc1ccc(-c2ccc(CCCCNC(=O)OC(C)(C)C)cc2)cc1. The van der Waals surface area contributed by atoms with Crippen molar-refractivity contribution in [1.29, 1.82) is 0 Å². The fraction of sp³-hybridized carbons (Fsp3) is 0.545. The second kappa shape index (κ2) is 16.2. The molecule has 2 aromatic rings. The summed E-state index contributed by atoms with van der Waals surface area (Å²) in [6, 6.07) is 16.3. The molecule has 1 aliphatic heterocycles. The first-order valence-corrected chi connectivity index (χ1v) is 14.9. The Hall–Kier alpha value is -3.39. The third-order valence-electron chi connectivity index (χ3n) is 7.29. The molecule has 1 saturated heterocycles. The van der Waals surface area contributed by atoms with E-state index in [4.69, 9.17) is 9.47 Å². The number of amides is 2. The van der Waals surface area contributed by atoms with Crippen LogP contribution in [0.4, 0.5) is 4.79 Å². The minimum atomic E-state index is -0.588. The predicted molar refractivity (Wildman–Crippen MR) is 162 cm³/mol. The van der Waals surface area contributed by atoms with Crippen LogP contribution in [-0.2, 0) is 31.9 Å². The summed E-state index contributed by atoms with van der Waals surface area (Å²) in [6.45, 7) is 8.06. The molecule has 8 nitrogen and oxygen atoms in total. The van der Waals surface area contributed by atoms with Crippen molar-refractivity contribution < 1.29 is 23.9 Å². The molecule has 1 atom stereocenters. The van der Waals surface area contributed by atoms with E-state index in [0.29, 0.717) is 31.7 Å². The van der Waals surface area contributed by atoms with Gasteiger partial charge in [0.1, 0.15) is 11.6 Å². The monoisotopic (exact) mass is 565 g/mol. The normalized spacial score (nSPS) is 14.6. The van der Waals surface area contributed by atoms with E-state index in [1.165, 1.54) is 12.7 Å². The van der Waals surface area contributed by atoms with E-state index >= 15 is 0 Å². The van der Waals surface area contributed by atoms with Gasteiger partial charge in [-0.15, -0.1) is 0 Å². The zero-order chi connectivity index (χ0) is 29.7. The molecule has 224 valence electrons. The molecular formula is C33H47N3O5. The average Bonchev–Trinajstić information content (AvgIpc) is 2.95. The molecule has 0 bridgehead atoms. The molecule has 0 radical (unpaired) electrons. The standard InChI is InChI=1S/C33H47N3O5/c1-33(2,3)41-32(39)35-20-6-5-7-24-8-13-27(14-9-24)28-15-10-25(11-16-28)12-17-30(37)36-29(31(38)40-4)23-26-18-21-34-22-19-26/h8-11,13-16,26,29,34H,5-7,12,17-23H2,1-4H3,(H,35,39)(H,36,37)/t29-/m0/s1. The first kappa shape index (κ1) is 32.1. The Morgan fingerprint density at radius 2 is 1.49 bits per heavy atom. The summed E-state index contributed by atoms with van der Waals surface area (Å²) in [4.78, 5) is 36.6. The molecule has 8 heteroatoms. The fourth-order valence-corrected chi connectivity index (χ4v) is 5.02. The molecule has 0 saturated carbocycles. The van der Waals surface area contributed by atoms with Crippen LogP contribution in [0.5, 0.6) is 0 Å². The Morgan fingerprint density at radius 3 is 2.05 bits per heavy atom. The summed E-state index contributed by atoms with van der Waals surface area (Å²) >= 11 is 0. The summed E-state index contributed by atoms with van der Waals surface area (Å²) in [6.07, 6.45) is 6.02. The Morgan fingerprint density at radius 1 is 0.902 bits per heavy atom. The molecule has 2 amide bonds. The van der Waals surface area contributed by atoms with Crippen LogP contribution >= 0.6 is 0 Å². The van der Waals surface area contributed by atoms with Crippen LogP contribution in [0.2, 0.25) is 0 Å². The number of hydrogen-bond donors (Lipinski definition) is 3. The summed E-state index contributed by atoms with van der Waals surface area (Å²) in [5.41, 5.74) is 4.13. The van der Waals surface area contributed by atoms with Crippen molar-refractivity contribution in [3.63, 3.8) is 0 Å². The minimum absolute atomic E-state index is 0.130. The van der Waals surface area contributed by atoms with Gasteiger partial charge in [-0.25, -0.2) is 9.59 Å². The highest BCUT2D eigenvalue weighted by molar-refractivity contribution is 5.84. The first-order chi connectivity index (χ1) is 19.6. The number of esters is 1. The van der Waals surface area contributed by atoms with E-state index in [0.717, 1.165) is 61.9 Å². The highest BCUT2D eigenvalue weighted by atomic mass is 16.6. The van der Waals surface area contributed by atoms with E-state index < -0.39 is 11.6 Å². The number of alkyl carbamates (subject to hydrolysis) is 1. The van der Waals surface area contributed by atoms with E-state index in [1.807, 2.05) is 20.8 Å². The number of methoxy groups -OCH3 is 1. The number of unbranched alkanes of at least 4 members (excludes halogenated alkanes) is 1. The maximum absolute atomic E-state index is 12.6. The Labute approximate surface area is 245 Å². The number of nitrogens with one attached hydrogen (secondary N) is 3. The van der Waals surface area contributed by atoms with Crippen LogP contribution in [0.3, 0.4) is 0 Å². The number of aryl methyl sites for hydroxylation is 2. The number of piperidine rings is 1. The molecule has 1 heterocycles. The van der Waals surface area contributed by atoms with Crippen molar-refractivity contribution in [1.82, 2.24) is 16.0 Å². The van der Waals surface area contributed by atoms with Gasteiger partial charge in [0.05, 0.1) is 7.11 Å².